The molecule has 0 bridgehead atoms. The lowest BCUT2D eigenvalue weighted by molar-refractivity contribution is 1.22. The van der Waals surface area contributed by atoms with Crippen LogP contribution in [0.2, 0.25) is 0 Å². The number of nitrogens with zero attached hydrogens (tertiary/aromatic N) is 2. The van der Waals surface area contributed by atoms with E-state index in [0.29, 0.717) is 0 Å². The maximum atomic E-state index is 4.96. The van der Waals surface area contributed by atoms with Crippen LogP contribution in [0.5, 0.6) is 0 Å². The Morgan fingerprint density at radius 1 is 0.750 bits per heavy atom. The zero-order valence-corrected chi connectivity index (χ0v) is 13.0. The molecule has 2 aromatic heterocycles. The molecular weight excluding hydrogens is 292 g/mol. The van der Waals surface area contributed by atoms with E-state index >= 15 is 0 Å². The maximum Gasteiger partial charge on any atom is 0.146 e. The molecule has 6 rings (SSSR count). The molecule has 0 fully saturated rings. The number of rotatable bonds is 0. The van der Waals surface area contributed by atoms with E-state index in [9.17, 15) is 0 Å². The Balaban J connectivity index is 1.97. The number of hydrogen-bond donors (Lipinski definition) is 0. The first-order valence-corrected chi connectivity index (χ1v) is 8.31. The Labute approximate surface area is 139 Å². The first-order chi connectivity index (χ1) is 11.9. The predicted molar refractivity (Wildman–Crippen MR) is 98.4 cm³/mol. The number of aromatic nitrogens is 2. The lowest BCUT2D eigenvalue weighted by atomic mass is 10.0. The van der Waals surface area contributed by atoms with Crippen LogP contribution in [0.3, 0.4) is 0 Å². The van der Waals surface area contributed by atoms with Crippen LogP contribution in [0.1, 0.15) is 11.1 Å². The molecule has 0 saturated heterocycles. The topological polar surface area (TPSA) is 17.3 Å². The second-order valence-electron chi connectivity index (χ2n) is 6.47. The Bertz CT molecular complexity index is 1280. The largest absolute Gasteiger partial charge is 0.291 e. The van der Waals surface area contributed by atoms with Crippen molar-refractivity contribution in [1.82, 2.24) is 9.38 Å². The highest BCUT2D eigenvalue weighted by molar-refractivity contribution is 6.05. The first-order valence-electron chi connectivity index (χ1n) is 8.31. The van der Waals surface area contributed by atoms with Gasteiger partial charge in [-0.05, 0) is 28.6 Å². The Morgan fingerprint density at radius 3 is 2.46 bits per heavy atom. The highest BCUT2D eigenvalue weighted by atomic mass is 15.0. The number of benzene rings is 3. The summed E-state index contributed by atoms with van der Waals surface area (Å²) in [5.74, 6) is 0. The van der Waals surface area contributed by atoms with Gasteiger partial charge in [0, 0.05) is 17.4 Å². The summed E-state index contributed by atoms with van der Waals surface area (Å²) in [6, 6.07) is 25.9. The maximum absolute atomic E-state index is 4.96. The van der Waals surface area contributed by atoms with Gasteiger partial charge in [-0.25, -0.2) is 4.98 Å². The van der Waals surface area contributed by atoms with Gasteiger partial charge in [0.15, 0.2) is 0 Å². The van der Waals surface area contributed by atoms with E-state index in [1.165, 1.54) is 38.7 Å². The number of hydrogen-bond acceptors (Lipinski definition) is 1. The fraction of sp³-hybridized carbons (Fsp3) is 0.0455. The van der Waals surface area contributed by atoms with Gasteiger partial charge in [-0.1, -0.05) is 60.7 Å². The summed E-state index contributed by atoms with van der Waals surface area (Å²) >= 11 is 0. The van der Waals surface area contributed by atoms with Gasteiger partial charge >= 0.3 is 0 Å². The Hall–Kier alpha value is -3.13. The van der Waals surface area contributed by atoms with E-state index in [4.69, 9.17) is 4.98 Å². The molecule has 0 radical (unpaired) electrons. The van der Waals surface area contributed by atoms with Gasteiger partial charge in [0.2, 0.25) is 0 Å². The molecule has 0 saturated carbocycles. The van der Waals surface area contributed by atoms with Crippen LogP contribution in [0.25, 0.3) is 38.7 Å². The molecule has 5 aromatic rings. The smallest absolute Gasteiger partial charge is 0.146 e. The molecule has 2 heteroatoms. The molecule has 2 heterocycles. The highest BCUT2D eigenvalue weighted by Gasteiger charge is 2.25. The predicted octanol–water partition coefficient (Wildman–Crippen LogP) is 5.21. The van der Waals surface area contributed by atoms with Gasteiger partial charge in [-0.15, -0.1) is 0 Å². The van der Waals surface area contributed by atoms with Crippen molar-refractivity contribution in [2.45, 2.75) is 6.42 Å². The monoisotopic (exact) mass is 306 g/mol. The average molecular weight is 306 g/mol. The fourth-order valence-corrected chi connectivity index (χ4v) is 4.19. The number of fused-ring (bicyclic) bond motifs is 10. The minimum atomic E-state index is 0.995. The molecule has 0 aliphatic heterocycles. The molecule has 0 spiro atoms. The van der Waals surface area contributed by atoms with E-state index in [2.05, 4.69) is 77.2 Å². The first kappa shape index (κ1) is 12.3. The molecule has 0 amide bonds. The fourth-order valence-electron chi connectivity index (χ4n) is 4.19. The van der Waals surface area contributed by atoms with Crippen molar-refractivity contribution in [1.29, 1.82) is 0 Å². The van der Waals surface area contributed by atoms with Crippen molar-refractivity contribution in [3.63, 3.8) is 0 Å². The highest BCUT2D eigenvalue weighted by Crippen LogP contribution is 2.42. The Morgan fingerprint density at radius 2 is 1.50 bits per heavy atom. The van der Waals surface area contributed by atoms with Gasteiger partial charge in [0.1, 0.15) is 5.65 Å². The standard InChI is InChI=1S/C22H14N2/c1-2-8-15-14(7-1)13-18-16-9-3-4-10-17(16)22-23-19-11-5-6-12-20(19)24(22)21(15)18/h1-12H,13H2. The molecular formula is C22H14N2. The second kappa shape index (κ2) is 4.24. The van der Waals surface area contributed by atoms with Gasteiger partial charge in [-0.2, -0.15) is 0 Å². The summed E-state index contributed by atoms with van der Waals surface area (Å²) in [5, 5.41) is 2.56. The van der Waals surface area contributed by atoms with Gasteiger partial charge < -0.3 is 0 Å². The molecule has 2 nitrogen and oxygen atoms in total. The number of pyridine rings is 1. The van der Waals surface area contributed by atoms with Crippen molar-refractivity contribution < 1.29 is 0 Å². The summed E-state index contributed by atoms with van der Waals surface area (Å²) < 4.78 is 2.36. The van der Waals surface area contributed by atoms with Crippen LogP contribution < -0.4 is 0 Å². The van der Waals surface area contributed by atoms with Gasteiger partial charge in [0.05, 0.1) is 16.7 Å². The Kier molecular flexibility index (Phi) is 2.17. The van der Waals surface area contributed by atoms with Crippen molar-refractivity contribution in [3.05, 3.63) is 83.9 Å². The van der Waals surface area contributed by atoms with Crippen molar-refractivity contribution in [3.8, 4) is 11.3 Å². The van der Waals surface area contributed by atoms with E-state index in [1.807, 2.05) is 0 Å². The summed E-state index contributed by atoms with van der Waals surface area (Å²) in [5.41, 5.74) is 8.78. The minimum Gasteiger partial charge on any atom is -0.291 e. The molecule has 0 atom stereocenters. The third-order valence-electron chi connectivity index (χ3n) is 5.20. The quantitative estimate of drug-likeness (QED) is 0.376. The van der Waals surface area contributed by atoms with Crippen LogP contribution in [0.4, 0.5) is 0 Å². The average Bonchev–Trinajstić information content (AvgIpc) is 3.20. The summed E-state index contributed by atoms with van der Waals surface area (Å²) in [4.78, 5) is 4.96. The third kappa shape index (κ3) is 1.39. The molecule has 1 aliphatic rings. The minimum absolute atomic E-state index is 0.995. The van der Waals surface area contributed by atoms with Crippen LogP contribution >= 0.6 is 0 Å². The van der Waals surface area contributed by atoms with E-state index in [0.717, 1.165) is 17.6 Å². The van der Waals surface area contributed by atoms with Gasteiger partial charge in [0.25, 0.3) is 0 Å². The van der Waals surface area contributed by atoms with Crippen LogP contribution in [0, 0.1) is 0 Å². The normalized spacial score (nSPS) is 12.8. The molecule has 0 N–H and O–H groups in total. The van der Waals surface area contributed by atoms with E-state index in [1.54, 1.807) is 0 Å². The zero-order valence-electron chi connectivity index (χ0n) is 13.0. The van der Waals surface area contributed by atoms with Crippen LogP contribution in [-0.4, -0.2) is 9.38 Å². The summed E-state index contributed by atoms with van der Waals surface area (Å²) in [7, 11) is 0. The SMILES string of the molecule is c1ccc2c(c1)Cc1c-2n2c3ccccc3nc2c2ccccc12. The van der Waals surface area contributed by atoms with Crippen molar-refractivity contribution in [2.75, 3.05) is 0 Å². The van der Waals surface area contributed by atoms with Crippen molar-refractivity contribution >= 4 is 27.5 Å². The van der Waals surface area contributed by atoms with E-state index in [-0.39, 0.29) is 0 Å². The van der Waals surface area contributed by atoms with Gasteiger partial charge in [-0.3, -0.25) is 4.40 Å². The molecule has 24 heavy (non-hydrogen) atoms. The van der Waals surface area contributed by atoms with Crippen LogP contribution in [-0.2, 0) is 6.42 Å². The molecule has 112 valence electrons. The number of imidazole rings is 1. The second-order valence-corrected chi connectivity index (χ2v) is 6.47. The third-order valence-corrected chi connectivity index (χ3v) is 5.20. The summed E-state index contributed by atoms with van der Waals surface area (Å²) in [6.45, 7) is 0. The zero-order chi connectivity index (χ0) is 15.7. The molecule has 0 unspecified atom stereocenters. The van der Waals surface area contributed by atoms with E-state index < -0.39 is 0 Å². The summed E-state index contributed by atoms with van der Waals surface area (Å²) in [6.07, 6.45) is 0.995. The lowest BCUT2D eigenvalue weighted by Gasteiger charge is -2.11. The molecule has 3 aromatic carbocycles. The number of para-hydroxylation sites is 2. The van der Waals surface area contributed by atoms with Crippen molar-refractivity contribution in [2.24, 2.45) is 0 Å². The lowest BCUT2D eigenvalue weighted by Crippen LogP contribution is -1.95. The van der Waals surface area contributed by atoms with Crippen LogP contribution in [0.15, 0.2) is 72.8 Å². The molecule has 1 aliphatic carbocycles.